The van der Waals surface area contributed by atoms with E-state index in [4.69, 9.17) is 15.0 Å². The van der Waals surface area contributed by atoms with Crippen molar-refractivity contribution in [2.45, 2.75) is 53.4 Å². The second-order valence-corrected chi connectivity index (χ2v) is 11.3. The lowest BCUT2D eigenvalue weighted by Gasteiger charge is -2.18. The van der Waals surface area contributed by atoms with Crippen molar-refractivity contribution in [2.24, 2.45) is 26.8 Å². The number of hydrogen-bond acceptors (Lipinski definition) is 8. The van der Waals surface area contributed by atoms with Crippen molar-refractivity contribution in [2.75, 3.05) is 0 Å². The number of fused-ring (bicyclic) bond motifs is 5. The molecule has 0 aromatic heterocycles. The first kappa shape index (κ1) is 31.1. The number of nitrogens with zero attached hydrogens (tertiary/aromatic N) is 3. The van der Waals surface area contributed by atoms with Gasteiger partial charge in [-0.05, 0) is 61.6 Å². The number of aliphatic hydroxyl groups is 1. The van der Waals surface area contributed by atoms with Crippen LogP contribution < -0.4 is 5.32 Å². The summed E-state index contributed by atoms with van der Waals surface area (Å²) >= 11 is 0. The Bertz CT molecular complexity index is 1820. The van der Waals surface area contributed by atoms with E-state index in [9.17, 15) is 34.8 Å². The summed E-state index contributed by atoms with van der Waals surface area (Å²) in [5, 5.41) is 43.5. The van der Waals surface area contributed by atoms with Gasteiger partial charge in [0.05, 0.1) is 52.5 Å². The summed E-state index contributed by atoms with van der Waals surface area (Å²) in [4.78, 5) is 50.9. The number of aliphatic hydroxyl groups excluding tert-OH is 1. The third-order valence-electron chi connectivity index (χ3n) is 8.78. The SMILES string of the molecule is C=CC1=C(C)C2=NC1=CC1=NC(=C(CC)C1=CO)C=C1N=C(C(CC(=O)O)=C3NC(=C2)C(C)C3CCC(=O)O)C(C(=O)O)=C1C. The van der Waals surface area contributed by atoms with Gasteiger partial charge < -0.3 is 25.7 Å². The second kappa shape index (κ2) is 12.0. The van der Waals surface area contributed by atoms with E-state index in [-0.39, 0.29) is 35.6 Å². The molecule has 45 heavy (non-hydrogen) atoms. The fourth-order valence-corrected chi connectivity index (χ4v) is 6.43. The van der Waals surface area contributed by atoms with E-state index in [2.05, 4.69) is 11.9 Å². The van der Waals surface area contributed by atoms with Gasteiger partial charge in [-0.25, -0.2) is 19.8 Å². The lowest BCUT2D eigenvalue weighted by atomic mass is 9.84. The highest BCUT2D eigenvalue weighted by Crippen LogP contribution is 2.42. The summed E-state index contributed by atoms with van der Waals surface area (Å²) in [5.41, 5.74) is 6.73. The van der Waals surface area contributed by atoms with Gasteiger partial charge in [0.25, 0.3) is 0 Å². The summed E-state index contributed by atoms with van der Waals surface area (Å²) in [6.45, 7) is 11.3. The Morgan fingerprint density at radius 2 is 1.69 bits per heavy atom. The summed E-state index contributed by atoms with van der Waals surface area (Å²) < 4.78 is 0. The summed E-state index contributed by atoms with van der Waals surface area (Å²) in [5.74, 6) is -4.21. The molecule has 5 rings (SSSR count). The molecule has 0 spiro atoms. The number of aliphatic carboxylic acids is 3. The minimum atomic E-state index is -1.27. The fourth-order valence-electron chi connectivity index (χ4n) is 6.43. The van der Waals surface area contributed by atoms with Gasteiger partial charge in [-0.2, -0.15) is 0 Å². The van der Waals surface area contributed by atoms with Crippen LogP contribution in [0.1, 0.15) is 53.4 Å². The van der Waals surface area contributed by atoms with Crippen LogP contribution in [0.25, 0.3) is 0 Å². The lowest BCUT2D eigenvalue weighted by molar-refractivity contribution is -0.138. The Labute approximate surface area is 259 Å². The minimum absolute atomic E-state index is 0.00111. The van der Waals surface area contributed by atoms with E-state index in [1.807, 2.05) is 26.8 Å². The molecule has 5 N–H and O–H groups in total. The number of nitrogens with one attached hydrogen (secondary N) is 1. The van der Waals surface area contributed by atoms with Crippen molar-refractivity contribution >= 4 is 35.0 Å². The fraction of sp³-hybridized carbons (Fsp3) is 0.294. The Hall–Kier alpha value is -5.32. The molecule has 232 valence electrons. The highest BCUT2D eigenvalue weighted by atomic mass is 16.4. The molecule has 0 aromatic rings. The van der Waals surface area contributed by atoms with Crippen molar-refractivity contribution in [3.63, 3.8) is 0 Å². The smallest absolute Gasteiger partial charge is 0.338 e. The number of carboxylic acid groups (broad SMARTS) is 3. The van der Waals surface area contributed by atoms with Gasteiger partial charge in [0.1, 0.15) is 0 Å². The lowest BCUT2D eigenvalue weighted by Crippen LogP contribution is -2.22. The molecule has 0 saturated carbocycles. The van der Waals surface area contributed by atoms with E-state index in [0.29, 0.717) is 63.0 Å². The number of aliphatic imine (C=N–C) groups is 3. The largest absolute Gasteiger partial charge is 0.515 e. The second-order valence-electron chi connectivity index (χ2n) is 11.3. The topological polar surface area (TPSA) is 181 Å². The Kier molecular flexibility index (Phi) is 8.29. The third-order valence-corrected chi connectivity index (χ3v) is 8.78. The zero-order chi connectivity index (χ0) is 32.7. The van der Waals surface area contributed by atoms with Gasteiger partial charge >= 0.3 is 17.9 Å². The predicted octanol–water partition coefficient (Wildman–Crippen LogP) is 5.47. The van der Waals surface area contributed by atoms with Crippen LogP contribution in [0.5, 0.6) is 0 Å². The molecule has 0 amide bonds. The van der Waals surface area contributed by atoms with Crippen molar-refractivity contribution in [3.05, 3.63) is 105 Å². The van der Waals surface area contributed by atoms with Crippen LogP contribution >= 0.6 is 0 Å². The molecule has 5 aliphatic heterocycles. The Morgan fingerprint density at radius 3 is 2.29 bits per heavy atom. The Balaban J connectivity index is 1.88. The highest BCUT2D eigenvalue weighted by Gasteiger charge is 2.39. The molecule has 0 aromatic carbocycles. The molecular weight excluding hydrogens is 576 g/mol. The molecule has 0 aliphatic carbocycles. The highest BCUT2D eigenvalue weighted by molar-refractivity contribution is 6.30. The van der Waals surface area contributed by atoms with Crippen LogP contribution in [-0.4, -0.2) is 55.5 Å². The van der Waals surface area contributed by atoms with Gasteiger partial charge in [0, 0.05) is 46.4 Å². The molecule has 1 saturated heterocycles. The van der Waals surface area contributed by atoms with Gasteiger partial charge in [-0.3, -0.25) is 9.59 Å². The normalized spacial score (nSPS) is 23.5. The molecule has 11 nitrogen and oxygen atoms in total. The van der Waals surface area contributed by atoms with Crippen molar-refractivity contribution < 1.29 is 34.8 Å². The molecule has 2 unspecified atom stereocenters. The summed E-state index contributed by atoms with van der Waals surface area (Å²) in [7, 11) is 0. The predicted molar refractivity (Wildman–Crippen MR) is 170 cm³/mol. The maximum Gasteiger partial charge on any atom is 0.338 e. The Morgan fingerprint density at radius 1 is 0.956 bits per heavy atom. The minimum Gasteiger partial charge on any atom is -0.515 e. The molecule has 0 radical (unpaired) electrons. The molecule has 11 heteroatoms. The van der Waals surface area contributed by atoms with Gasteiger partial charge in [0.15, 0.2) is 0 Å². The molecule has 5 aliphatic rings. The first-order valence-electron chi connectivity index (χ1n) is 14.6. The first-order chi connectivity index (χ1) is 21.4. The third kappa shape index (κ3) is 5.45. The maximum absolute atomic E-state index is 12.7. The van der Waals surface area contributed by atoms with Crippen LogP contribution in [-0.2, 0) is 14.4 Å². The average Bonchev–Trinajstić information content (AvgIpc) is 3.67. The summed E-state index contributed by atoms with van der Waals surface area (Å²) in [6, 6.07) is 0. The van der Waals surface area contributed by atoms with E-state index < -0.39 is 30.2 Å². The van der Waals surface area contributed by atoms with Gasteiger partial charge in [-0.15, -0.1) is 0 Å². The standard InChI is InChI=1S/C34H34N4O7/c1-6-18-15(3)23-11-24-16(4)20(8-9-29(40)41)32(37-24)21(10-30(42)43)33-31(34(44)45)17(5)25(38-33)12-27-19(7-2)22(14-39)28(36-27)13-26(18)35-23/h6,11-14,16,20,37,39H,1,7-10H2,2-5H3,(H,40,41)(H,42,43)(H,44,45). The molecule has 1 fully saturated rings. The van der Waals surface area contributed by atoms with Crippen LogP contribution in [0.15, 0.2) is 120 Å². The zero-order valence-corrected chi connectivity index (χ0v) is 25.4. The quantitative estimate of drug-likeness (QED) is 0.224. The zero-order valence-electron chi connectivity index (χ0n) is 25.4. The number of rotatable bonds is 8. The number of allylic oxidation sites excluding steroid dienone is 10. The van der Waals surface area contributed by atoms with E-state index >= 15 is 0 Å². The van der Waals surface area contributed by atoms with Crippen molar-refractivity contribution in [3.8, 4) is 0 Å². The first-order valence-corrected chi connectivity index (χ1v) is 14.6. The monoisotopic (exact) mass is 610 g/mol. The average molecular weight is 611 g/mol. The van der Waals surface area contributed by atoms with E-state index in [1.165, 1.54) is 0 Å². The molecule has 5 heterocycles. The number of hydrogen-bond donors (Lipinski definition) is 5. The van der Waals surface area contributed by atoms with E-state index in [1.54, 1.807) is 25.2 Å². The van der Waals surface area contributed by atoms with Gasteiger partial charge in [0.2, 0.25) is 0 Å². The number of carbonyl (C=O) groups is 3. The van der Waals surface area contributed by atoms with Crippen molar-refractivity contribution in [1.82, 2.24) is 5.32 Å². The number of carboxylic acids is 3. The summed E-state index contributed by atoms with van der Waals surface area (Å²) in [6.07, 6.45) is 7.92. The molecule has 2 atom stereocenters. The molecular formula is C34H34N4O7. The maximum atomic E-state index is 12.7. The van der Waals surface area contributed by atoms with Crippen LogP contribution in [0.2, 0.25) is 0 Å². The molecule has 8 bridgehead atoms. The van der Waals surface area contributed by atoms with Gasteiger partial charge in [-0.1, -0.05) is 26.5 Å². The van der Waals surface area contributed by atoms with Crippen LogP contribution in [0.3, 0.4) is 0 Å². The van der Waals surface area contributed by atoms with Crippen LogP contribution in [0.4, 0.5) is 0 Å². The van der Waals surface area contributed by atoms with E-state index in [0.717, 1.165) is 17.4 Å². The van der Waals surface area contributed by atoms with Crippen LogP contribution in [0, 0.1) is 11.8 Å². The van der Waals surface area contributed by atoms with Crippen molar-refractivity contribution in [1.29, 1.82) is 0 Å².